The highest BCUT2D eigenvalue weighted by molar-refractivity contribution is 5.62. The predicted molar refractivity (Wildman–Crippen MR) is 85.4 cm³/mol. The van der Waals surface area contributed by atoms with Gasteiger partial charge in [-0.15, -0.1) is 0 Å². The van der Waals surface area contributed by atoms with Crippen molar-refractivity contribution in [2.24, 2.45) is 5.92 Å². The smallest absolute Gasteiger partial charge is 0.0207 e. The highest BCUT2D eigenvalue weighted by Crippen LogP contribution is 2.37. The molecule has 0 aliphatic heterocycles. The van der Waals surface area contributed by atoms with Gasteiger partial charge < -0.3 is 0 Å². The predicted octanol–water partition coefficient (Wildman–Crippen LogP) is 5.19. The average molecular weight is 258 g/mol. The summed E-state index contributed by atoms with van der Waals surface area (Å²) in [5.74, 6) is 1.12. The van der Waals surface area contributed by atoms with Crippen molar-refractivity contribution in [3.8, 4) is 0 Å². The summed E-state index contributed by atoms with van der Waals surface area (Å²) in [7, 11) is 0. The second kappa shape index (κ2) is 4.79. The van der Waals surface area contributed by atoms with E-state index in [-0.39, 0.29) is 0 Å². The van der Waals surface area contributed by atoms with Gasteiger partial charge in [0.05, 0.1) is 0 Å². The molecule has 0 fully saturated rings. The van der Waals surface area contributed by atoms with Crippen molar-refractivity contribution in [1.82, 2.24) is 0 Å². The zero-order chi connectivity index (χ0) is 13.4. The van der Waals surface area contributed by atoms with Crippen LogP contribution in [-0.2, 0) is 0 Å². The summed E-state index contributed by atoms with van der Waals surface area (Å²) in [6.07, 6.45) is 20.5. The minimum Gasteiger partial charge on any atom is -0.0764 e. The van der Waals surface area contributed by atoms with Crippen molar-refractivity contribution in [3.05, 3.63) is 89.1 Å². The van der Waals surface area contributed by atoms with Crippen LogP contribution in [0.25, 0.3) is 6.08 Å². The second-order valence-corrected chi connectivity index (χ2v) is 5.74. The maximum Gasteiger partial charge on any atom is 0.0207 e. The fourth-order valence-corrected chi connectivity index (χ4v) is 3.48. The molecule has 4 rings (SSSR count). The summed E-state index contributed by atoms with van der Waals surface area (Å²) in [6, 6.07) is 8.77. The van der Waals surface area contributed by atoms with Crippen LogP contribution in [0.1, 0.15) is 29.9 Å². The molecule has 2 unspecified atom stereocenters. The molecule has 0 saturated heterocycles. The van der Waals surface area contributed by atoms with Gasteiger partial charge >= 0.3 is 0 Å². The molecule has 0 heterocycles. The van der Waals surface area contributed by atoms with Gasteiger partial charge in [0.1, 0.15) is 0 Å². The van der Waals surface area contributed by atoms with E-state index >= 15 is 0 Å². The third kappa shape index (κ3) is 1.92. The van der Waals surface area contributed by atoms with E-state index in [1.165, 1.54) is 35.1 Å². The van der Waals surface area contributed by atoms with E-state index in [2.05, 4.69) is 72.9 Å². The van der Waals surface area contributed by atoms with Crippen molar-refractivity contribution >= 4 is 6.08 Å². The van der Waals surface area contributed by atoms with Gasteiger partial charge in [-0.2, -0.15) is 0 Å². The maximum atomic E-state index is 2.36. The summed E-state index contributed by atoms with van der Waals surface area (Å²) in [5.41, 5.74) is 5.92. The molecule has 2 atom stereocenters. The monoisotopic (exact) mass is 258 g/mol. The van der Waals surface area contributed by atoms with Gasteiger partial charge in [0, 0.05) is 11.8 Å². The molecule has 0 amide bonds. The summed E-state index contributed by atoms with van der Waals surface area (Å²) in [4.78, 5) is 0. The summed E-state index contributed by atoms with van der Waals surface area (Å²) in [6.45, 7) is 0. The lowest BCUT2D eigenvalue weighted by Gasteiger charge is -2.14. The topological polar surface area (TPSA) is 0 Å². The van der Waals surface area contributed by atoms with E-state index in [9.17, 15) is 0 Å². The minimum absolute atomic E-state index is 0.529. The number of hydrogen-bond acceptors (Lipinski definition) is 0. The molecule has 0 heteroatoms. The Bertz CT molecular complexity index is 680. The molecule has 3 aliphatic rings. The molecule has 1 aromatic carbocycles. The number of benzene rings is 1. The van der Waals surface area contributed by atoms with Gasteiger partial charge in [-0.05, 0) is 35.1 Å². The minimum atomic E-state index is 0.529. The van der Waals surface area contributed by atoms with E-state index in [4.69, 9.17) is 0 Å². The molecular weight excluding hydrogens is 240 g/mol. The Morgan fingerprint density at radius 3 is 2.80 bits per heavy atom. The Labute approximate surface area is 120 Å². The van der Waals surface area contributed by atoms with Gasteiger partial charge in [-0.1, -0.05) is 72.9 Å². The second-order valence-electron chi connectivity index (χ2n) is 5.74. The first-order chi connectivity index (χ1) is 9.92. The van der Waals surface area contributed by atoms with E-state index in [1.807, 2.05) is 0 Å². The first-order valence-electron chi connectivity index (χ1n) is 7.45. The first-order valence-corrected chi connectivity index (χ1v) is 7.45. The van der Waals surface area contributed by atoms with Crippen LogP contribution in [-0.4, -0.2) is 0 Å². The van der Waals surface area contributed by atoms with E-state index in [0.717, 1.165) is 0 Å². The molecule has 0 nitrogen and oxygen atoms in total. The lowest BCUT2D eigenvalue weighted by Crippen LogP contribution is -1.98. The molecule has 1 aromatic rings. The van der Waals surface area contributed by atoms with Gasteiger partial charge in [0.25, 0.3) is 0 Å². The highest BCUT2D eigenvalue weighted by atomic mass is 14.2. The molecule has 3 aliphatic carbocycles. The van der Waals surface area contributed by atoms with Crippen molar-refractivity contribution in [2.75, 3.05) is 0 Å². The van der Waals surface area contributed by atoms with Crippen LogP contribution < -0.4 is 0 Å². The molecule has 0 aromatic heterocycles. The normalized spacial score (nSPS) is 25.4. The van der Waals surface area contributed by atoms with E-state index < -0.39 is 0 Å². The zero-order valence-corrected chi connectivity index (χ0v) is 11.5. The Morgan fingerprint density at radius 1 is 0.850 bits per heavy atom. The molecule has 0 N–H and O–H groups in total. The van der Waals surface area contributed by atoms with E-state index in [0.29, 0.717) is 11.8 Å². The SMILES string of the molecule is C1=CC2=C(CCC3C=Cc4ccccc43)C=CC2C=C1. The Balaban J connectivity index is 1.50. The molecule has 0 radical (unpaired) electrons. The number of fused-ring (bicyclic) bond motifs is 2. The third-order valence-corrected chi connectivity index (χ3v) is 4.57. The van der Waals surface area contributed by atoms with Gasteiger partial charge in [0.2, 0.25) is 0 Å². The Kier molecular flexibility index (Phi) is 2.81. The lowest BCUT2D eigenvalue weighted by atomic mass is 9.91. The van der Waals surface area contributed by atoms with Crippen LogP contribution in [0.2, 0.25) is 0 Å². The van der Waals surface area contributed by atoms with Crippen molar-refractivity contribution in [3.63, 3.8) is 0 Å². The highest BCUT2D eigenvalue weighted by Gasteiger charge is 2.20. The van der Waals surface area contributed by atoms with Gasteiger partial charge in [-0.3, -0.25) is 0 Å². The quantitative estimate of drug-likeness (QED) is 0.700. The Morgan fingerprint density at radius 2 is 1.80 bits per heavy atom. The standard InChI is InChI=1S/C20H18/c1-3-7-19-15(5-1)9-11-17(19)13-14-18-12-10-16-6-2-4-8-20(16)18/h1-12,15,18H,13-14H2. The van der Waals surface area contributed by atoms with Crippen molar-refractivity contribution in [1.29, 1.82) is 0 Å². The molecule has 20 heavy (non-hydrogen) atoms. The molecule has 0 bridgehead atoms. The van der Waals surface area contributed by atoms with Gasteiger partial charge in [0.15, 0.2) is 0 Å². The fourth-order valence-electron chi connectivity index (χ4n) is 3.48. The maximum absolute atomic E-state index is 2.36. The number of hydrogen-bond donors (Lipinski definition) is 0. The molecule has 98 valence electrons. The number of allylic oxidation sites excluding steroid dienone is 9. The lowest BCUT2D eigenvalue weighted by molar-refractivity contribution is 0.744. The molecular formula is C20H18. The fraction of sp³-hybridized carbons (Fsp3) is 0.200. The summed E-state index contributed by atoms with van der Waals surface area (Å²) in [5, 5.41) is 0. The molecule has 0 spiro atoms. The van der Waals surface area contributed by atoms with Crippen LogP contribution in [0.4, 0.5) is 0 Å². The van der Waals surface area contributed by atoms with Crippen LogP contribution in [0, 0.1) is 5.92 Å². The third-order valence-electron chi connectivity index (χ3n) is 4.57. The summed E-state index contributed by atoms with van der Waals surface area (Å²) >= 11 is 0. The zero-order valence-electron chi connectivity index (χ0n) is 11.5. The van der Waals surface area contributed by atoms with Crippen LogP contribution in [0.5, 0.6) is 0 Å². The number of rotatable bonds is 3. The van der Waals surface area contributed by atoms with Crippen LogP contribution >= 0.6 is 0 Å². The summed E-state index contributed by atoms with van der Waals surface area (Å²) < 4.78 is 0. The van der Waals surface area contributed by atoms with Crippen molar-refractivity contribution in [2.45, 2.75) is 18.8 Å². The van der Waals surface area contributed by atoms with Crippen LogP contribution in [0.15, 0.2) is 77.9 Å². The molecule has 0 saturated carbocycles. The van der Waals surface area contributed by atoms with E-state index in [1.54, 1.807) is 0 Å². The Hall–Kier alpha value is -2.08. The van der Waals surface area contributed by atoms with Gasteiger partial charge in [-0.25, -0.2) is 0 Å². The average Bonchev–Trinajstić information content (AvgIpc) is 3.09. The van der Waals surface area contributed by atoms with Crippen LogP contribution in [0.3, 0.4) is 0 Å². The van der Waals surface area contributed by atoms with Crippen molar-refractivity contribution < 1.29 is 0 Å². The first kappa shape index (κ1) is 11.7. The largest absolute Gasteiger partial charge is 0.0764 e.